The number of rotatable bonds is 7. The SMILES string of the molecule is CCCCCS(=O)(=O)CC(N)C(C)C. The van der Waals surface area contributed by atoms with Crippen molar-refractivity contribution in [1.82, 2.24) is 0 Å². The predicted octanol–water partition coefficient (Wildman–Crippen LogP) is 1.57. The van der Waals surface area contributed by atoms with E-state index in [9.17, 15) is 8.42 Å². The van der Waals surface area contributed by atoms with Crippen LogP contribution in [-0.4, -0.2) is 26.0 Å². The van der Waals surface area contributed by atoms with Gasteiger partial charge in [-0.25, -0.2) is 8.42 Å². The third-order valence-corrected chi connectivity index (χ3v) is 4.17. The Bertz CT molecular complexity index is 235. The van der Waals surface area contributed by atoms with Gasteiger partial charge in [-0.2, -0.15) is 0 Å². The van der Waals surface area contributed by atoms with Crippen LogP contribution >= 0.6 is 0 Å². The summed E-state index contributed by atoms with van der Waals surface area (Å²) in [6.45, 7) is 5.96. The molecule has 4 heteroatoms. The van der Waals surface area contributed by atoms with Crippen molar-refractivity contribution in [2.45, 2.75) is 46.1 Å². The van der Waals surface area contributed by atoms with Crippen LogP contribution in [0.2, 0.25) is 0 Å². The molecule has 0 aliphatic carbocycles. The van der Waals surface area contributed by atoms with E-state index >= 15 is 0 Å². The molecule has 1 unspecified atom stereocenters. The van der Waals surface area contributed by atoms with Gasteiger partial charge in [0.1, 0.15) is 0 Å². The lowest BCUT2D eigenvalue weighted by Crippen LogP contribution is -2.35. The maximum atomic E-state index is 11.5. The minimum Gasteiger partial charge on any atom is -0.327 e. The van der Waals surface area contributed by atoms with E-state index in [4.69, 9.17) is 5.73 Å². The second-order valence-electron chi connectivity index (χ2n) is 4.23. The largest absolute Gasteiger partial charge is 0.327 e. The first-order chi connectivity index (χ1) is 6.39. The van der Waals surface area contributed by atoms with Crippen molar-refractivity contribution in [1.29, 1.82) is 0 Å². The molecule has 14 heavy (non-hydrogen) atoms. The van der Waals surface area contributed by atoms with E-state index in [0.29, 0.717) is 5.75 Å². The predicted molar refractivity (Wildman–Crippen MR) is 61.0 cm³/mol. The summed E-state index contributed by atoms with van der Waals surface area (Å²) in [6.07, 6.45) is 2.80. The number of hydrogen-bond donors (Lipinski definition) is 1. The summed E-state index contributed by atoms with van der Waals surface area (Å²) < 4.78 is 23.1. The molecule has 0 saturated carbocycles. The van der Waals surface area contributed by atoms with Crippen molar-refractivity contribution in [3.8, 4) is 0 Å². The molecule has 3 nitrogen and oxygen atoms in total. The summed E-state index contributed by atoms with van der Waals surface area (Å²) >= 11 is 0. The zero-order valence-electron chi connectivity index (χ0n) is 9.49. The van der Waals surface area contributed by atoms with E-state index in [2.05, 4.69) is 6.92 Å². The molecule has 0 radical (unpaired) electrons. The number of unbranched alkanes of at least 4 members (excludes halogenated alkanes) is 2. The van der Waals surface area contributed by atoms with Crippen LogP contribution < -0.4 is 5.73 Å². The lowest BCUT2D eigenvalue weighted by molar-refractivity contribution is 0.515. The lowest BCUT2D eigenvalue weighted by atomic mass is 10.1. The molecule has 0 saturated heterocycles. The molecular formula is C10H23NO2S. The van der Waals surface area contributed by atoms with E-state index in [1.54, 1.807) is 0 Å². The zero-order chi connectivity index (χ0) is 11.2. The topological polar surface area (TPSA) is 60.2 Å². The fourth-order valence-corrected chi connectivity index (χ4v) is 2.92. The molecule has 0 aliphatic rings. The summed E-state index contributed by atoms with van der Waals surface area (Å²) in [5.74, 6) is 0.659. The molecule has 0 amide bonds. The lowest BCUT2D eigenvalue weighted by Gasteiger charge is -2.15. The van der Waals surface area contributed by atoms with Crippen molar-refractivity contribution in [2.75, 3.05) is 11.5 Å². The minimum absolute atomic E-state index is 0.133. The van der Waals surface area contributed by atoms with Gasteiger partial charge in [0.25, 0.3) is 0 Å². The first-order valence-electron chi connectivity index (χ1n) is 5.35. The zero-order valence-corrected chi connectivity index (χ0v) is 10.3. The number of nitrogens with two attached hydrogens (primary N) is 1. The molecule has 86 valence electrons. The molecule has 0 aliphatic heterocycles. The van der Waals surface area contributed by atoms with Gasteiger partial charge in [0.15, 0.2) is 9.84 Å². The molecular weight excluding hydrogens is 198 g/mol. The van der Waals surface area contributed by atoms with Gasteiger partial charge < -0.3 is 5.73 Å². The second-order valence-corrected chi connectivity index (χ2v) is 6.46. The smallest absolute Gasteiger partial charge is 0.151 e. The Labute approximate surface area is 88.0 Å². The van der Waals surface area contributed by atoms with E-state index in [1.807, 2.05) is 13.8 Å². The molecule has 0 heterocycles. The van der Waals surface area contributed by atoms with Crippen LogP contribution in [0.15, 0.2) is 0 Å². The van der Waals surface area contributed by atoms with E-state index < -0.39 is 9.84 Å². The molecule has 1 atom stereocenters. The van der Waals surface area contributed by atoms with Crippen LogP contribution in [0, 0.1) is 5.92 Å². The Hall–Kier alpha value is -0.0900. The third kappa shape index (κ3) is 6.38. The summed E-state index contributed by atoms with van der Waals surface area (Å²) in [5, 5.41) is 0. The standard InChI is InChI=1S/C10H23NO2S/c1-4-5-6-7-14(12,13)8-10(11)9(2)3/h9-10H,4-8,11H2,1-3H3. The monoisotopic (exact) mass is 221 g/mol. The quantitative estimate of drug-likeness (QED) is 0.664. The molecule has 0 aromatic carbocycles. The summed E-state index contributed by atoms with van der Waals surface area (Å²) in [5.41, 5.74) is 5.73. The van der Waals surface area contributed by atoms with Crippen molar-refractivity contribution >= 4 is 9.84 Å². The average molecular weight is 221 g/mol. The first kappa shape index (κ1) is 13.9. The highest BCUT2D eigenvalue weighted by molar-refractivity contribution is 7.91. The van der Waals surface area contributed by atoms with E-state index in [1.165, 1.54) is 0 Å². The maximum absolute atomic E-state index is 11.5. The third-order valence-electron chi connectivity index (χ3n) is 2.36. The highest BCUT2D eigenvalue weighted by Crippen LogP contribution is 2.06. The first-order valence-corrected chi connectivity index (χ1v) is 7.17. The summed E-state index contributed by atoms with van der Waals surface area (Å²) in [6, 6.07) is -0.221. The van der Waals surface area contributed by atoms with Crippen LogP contribution in [0.25, 0.3) is 0 Å². The normalized spacial score (nSPS) is 14.6. The molecule has 0 spiro atoms. The van der Waals surface area contributed by atoms with Crippen LogP contribution in [0.5, 0.6) is 0 Å². The molecule has 0 aromatic heterocycles. The van der Waals surface area contributed by atoms with Gasteiger partial charge in [-0.3, -0.25) is 0 Å². The van der Waals surface area contributed by atoms with Gasteiger partial charge in [0.2, 0.25) is 0 Å². The van der Waals surface area contributed by atoms with Crippen molar-refractivity contribution in [3.63, 3.8) is 0 Å². The summed E-state index contributed by atoms with van der Waals surface area (Å²) in [7, 11) is -2.92. The van der Waals surface area contributed by atoms with Gasteiger partial charge in [-0.15, -0.1) is 0 Å². The average Bonchev–Trinajstić information content (AvgIpc) is 2.03. The van der Waals surface area contributed by atoms with Gasteiger partial charge in [-0.1, -0.05) is 33.6 Å². The Morgan fingerprint density at radius 2 is 1.79 bits per heavy atom. The van der Waals surface area contributed by atoms with E-state index in [-0.39, 0.29) is 17.7 Å². The minimum atomic E-state index is -2.92. The molecule has 0 aromatic rings. The Morgan fingerprint density at radius 1 is 1.21 bits per heavy atom. The number of sulfone groups is 1. The fraction of sp³-hybridized carbons (Fsp3) is 1.00. The van der Waals surface area contributed by atoms with Crippen LogP contribution in [0.4, 0.5) is 0 Å². The van der Waals surface area contributed by atoms with Crippen LogP contribution in [0.3, 0.4) is 0 Å². The highest BCUT2D eigenvalue weighted by atomic mass is 32.2. The van der Waals surface area contributed by atoms with Crippen molar-refractivity contribution in [3.05, 3.63) is 0 Å². The second kappa shape index (κ2) is 6.40. The Morgan fingerprint density at radius 3 is 2.21 bits per heavy atom. The Kier molecular flexibility index (Phi) is 6.36. The van der Waals surface area contributed by atoms with E-state index in [0.717, 1.165) is 19.3 Å². The molecule has 0 bridgehead atoms. The van der Waals surface area contributed by atoms with Crippen molar-refractivity contribution < 1.29 is 8.42 Å². The van der Waals surface area contributed by atoms with Crippen LogP contribution in [0.1, 0.15) is 40.0 Å². The van der Waals surface area contributed by atoms with Gasteiger partial charge in [-0.05, 0) is 12.3 Å². The molecule has 0 rings (SSSR count). The number of hydrogen-bond acceptors (Lipinski definition) is 3. The highest BCUT2D eigenvalue weighted by Gasteiger charge is 2.17. The van der Waals surface area contributed by atoms with Gasteiger partial charge >= 0.3 is 0 Å². The summed E-state index contributed by atoms with van der Waals surface area (Å²) in [4.78, 5) is 0. The maximum Gasteiger partial charge on any atom is 0.151 e. The molecule has 0 fully saturated rings. The van der Waals surface area contributed by atoms with Gasteiger partial charge in [0.05, 0.1) is 11.5 Å². The van der Waals surface area contributed by atoms with Gasteiger partial charge in [0, 0.05) is 6.04 Å². The molecule has 2 N–H and O–H groups in total. The fourth-order valence-electron chi connectivity index (χ4n) is 1.14. The van der Waals surface area contributed by atoms with Crippen LogP contribution in [-0.2, 0) is 9.84 Å². The van der Waals surface area contributed by atoms with Crippen molar-refractivity contribution in [2.24, 2.45) is 11.7 Å². The Balaban J connectivity index is 3.95.